The Morgan fingerprint density at radius 2 is 1.46 bits per heavy atom. The van der Waals surface area contributed by atoms with Crippen LogP contribution in [0, 0.1) is 0 Å². The van der Waals surface area contributed by atoms with Crippen molar-refractivity contribution in [2.45, 2.75) is 91.5 Å². The van der Waals surface area contributed by atoms with Gasteiger partial charge in [-0.25, -0.2) is 0 Å². The zero-order valence-corrected chi connectivity index (χ0v) is 27.8. The van der Waals surface area contributed by atoms with Crippen molar-refractivity contribution in [3.8, 4) is 11.1 Å². The summed E-state index contributed by atoms with van der Waals surface area (Å²) in [4.78, 5) is 16.8. The van der Waals surface area contributed by atoms with E-state index in [1.165, 1.54) is 79.7 Å². The molecule has 0 saturated carbocycles. The number of unbranched alkanes of at least 4 members (excludes halogenated alkanes) is 3. The summed E-state index contributed by atoms with van der Waals surface area (Å²) in [7, 11) is 0. The van der Waals surface area contributed by atoms with Gasteiger partial charge in [0.25, 0.3) is 0 Å². The molecule has 3 nitrogen and oxygen atoms in total. The van der Waals surface area contributed by atoms with Gasteiger partial charge in [-0.3, -0.25) is 0 Å². The molecule has 0 unspecified atom stereocenters. The van der Waals surface area contributed by atoms with Crippen LogP contribution < -0.4 is 2.89 Å². The third-order valence-corrected chi connectivity index (χ3v) is 28.5. The van der Waals surface area contributed by atoms with Crippen LogP contribution in [-0.4, -0.2) is 42.5 Å². The van der Waals surface area contributed by atoms with Crippen LogP contribution in [0.1, 0.15) is 86.8 Å². The molecule has 1 amide bonds. The predicted octanol–water partition coefficient (Wildman–Crippen LogP) is 9.11. The van der Waals surface area contributed by atoms with E-state index in [-0.39, 0.29) is 12.0 Å². The first-order valence-corrected chi connectivity index (χ1v) is 23.6. The molecule has 1 aliphatic carbocycles. The summed E-state index contributed by atoms with van der Waals surface area (Å²) >= 11 is -0.307. The number of ether oxygens (including phenoxy) is 1. The van der Waals surface area contributed by atoms with Crippen molar-refractivity contribution < 1.29 is 9.53 Å². The number of amides is 1. The summed E-state index contributed by atoms with van der Waals surface area (Å²) in [5.41, 5.74) is 6.48. The van der Waals surface area contributed by atoms with E-state index < -0.39 is 18.4 Å². The first-order chi connectivity index (χ1) is 19.1. The molecule has 3 aromatic rings. The molecule has 0 bridgehead atoms. The molecule has 0 spiro atoms. The number of hydrogen-bond acceptors (Lipinski definition) is 3. The van der Waals surface area contributed by atoms with Crippen LogP contribution in [0.15, 0.2) is 54.6 Å². The number of carbonyl (C=O) groups excluding carboxylic acids is 1. The Balaban J connectivity index is 1.29. The molecule has 39 heavy (non-hydrogen) atoms. The van der Waals surface area contributed by atoms with E-state index in [4.69, 9.17) is 4.74 Å². The molecule has 2 aliphatic rings. The van der Waals surface area contributed by atoms with Gasteiger partial charge in [0.2, 0.25) is 0 Å². The van der Waals surface area contributed by atoms with Gasteiger partial charge in [-0.1, -0.05) is 12.1 Å². The fourth-order valence-corrected chi connectivity index (χ4v) is 27.3. The molecule has 0 radical (unpaired) electrons. The van der Waals surface area contributed by atoms with E-state index in [0.29, 0.717) is 13.2 Å². The van der Waals surface area contributed by atoms with Crippen LogP contribution in [0.25, 0.3) is 11.1 Å². The van der Waals surface area contributed by atoms with Gasteiger partial charge in [-0.15, -0.1) is 0 Å². The van der Waals surface area contributed by atoms with Crippen molar-refractivity contribution >= 4 is 38.7 Å². The van der Waals surface area contributed by atoms with Crippen molar-refractivity contribution in [1.29, 1.82) is 0 Å². The Morgan fingerprint density at radius 3 is 2.03 bits per heavy atom. The maximum atomic E-state index is 13.3. The molecular formula is C34H45NO2SSn. The van der Waals surface area contributed by atoms with Gasteiger partial charge < -0.3 is 0 Å². The first-order valence-electron chi connectivity index (χ1n) is 15.3. The van der Waals surface area contributed by atoms with E-state index in [0.717, 1.165) is 13.0 Å². The zero-order valence-electron chi connectivity index (χ0n) is 24.1. The molecular weight excluding hydrogens is 605 g/mol. The average molecular weight is 651 g/mol. The van der Waals surface area contributed by atoms with Crippen LogP contribution >= 0.6 is 11.3 Å². The summed E-state index contributed by atoms with van der Waals surface area (Å²) in [5.74, 6) is 0.111. The number of carbonyl (C=O) groups is 1. The topological polar surface area (TPSA) is 29.5 Å². The van der Waals surface area contributed by atoms with Gasteiger partial charge in [0.15, 0.2) is 0 Å². The molecule has 208 valence electrons. The average Bonchev–Trinajstić information content (AvgIpc) is 3.55. The van der Waals surface area contributed by atoms with Gasteiger partial charge in [0.05, 0.1) is 0 Å². The van der Waals surface area contributed by atoms with E-state index in [1.807, 2.05) is 4.90 Å². The fourth-order valence-electron chi connectivity index (χ4n) is 6.73. The van der Waals surface area contributed by atoms with E-state index >= 15 is 0 Å². The van der Waals surface area contributed by atoms with Crippen molar-refractivity contribution in [2.75, 3.05) is 13.2 Å². The standard InChI is InChI=1S/C22H18NO2S.3C4H9.Sn/c24-22(23-11-9-21-15(13-23)10-12-26-21)25-14-20-18-7-3-1-5-16(18)17-6-2-4-8-19(17)20;3*1-3-4-2;/h1-8,10,20H,9,11,13-14H2;3*1,3-4H2,2H3;. The molecule has 2 aromatic carbocycles. The number of thiophene rings is 1. The molecule has 0 fully saturated rings. The van der Waals surface area contributed by atoms with E-state index in [9.17, 15) is 4.79 Å². The SMILES string of the molecule is CCC[CH2][Sn]([CH2]CCC)([CH2]CCC)[c]1cc2c(s1)CCN(C(=O)OCC1c3ccccc3-c3ccccc31)C2. The summed E-state index contributed by atoms with van der Waals surface area (Å²) < 4.78 is 12.3. The van der Waals surface area contributed by atoms with Crippen LogP contribution in [0.2, 0.25) is 13.3 Å². The number of benzene rings is 2. The minimum atomic E-state index is -2.45. The van der Waals surface area contributed by atoms with Crippen molar-refractivity contribution in [1.82, 2.24) is 4.90 Å². The van der Waals surface area contributed by atoms with Crippen LogP contribution in [0.3, 0.4) is 0 Å². The molecule has 1 aliphatic heterocycles. The molecule has 0 saturated heterocycles. The maximum absolute atomic E-state index is 13.3. The van der Waals surface area contributed by atoms with Gasteiger partial charge in [0.1, 0.15) is 0 Å². The Bertz CT molecular complexity index is 1200. The van der Waals surface area contributed by atoms with E-state index in [2.05, 4.69) is 86.7 Å². The van der Waals surface area contributed by atoms with Crippen LogP contribution in [0.4, 0.5) is 4.79 Å². The first kappa shape index (κ1) is 28.7. The molecule has 5 rings (SSSR count). The van der Waals surface area contributed by atoms with Gasteiger partial charge in [0, 0.05) is 0 Å². The number of nitrogens with zero attached hydrogens (tertiary/aromatic N) is 1. The number of rotatable bonds is 12. The quantitative estimate of drug-likeness (QED) is 0.183. The summed E-state index contributed by atoms with van der Waals surface area (Å²) in [6.07, 6.45) is 8.88. The fraction of sp³-hybridized carbons (Fsp3) is 0.500. The third kappa shape index (κ3) is 6.12. The second-order valence-electron chi connectivity index (χ2n) is 11.6. The molecule has 5 heteroatoms. The Kier molecular flexibility index (Phi) is 9.76. The van der Waals surface area contributed by atoms with Crippen molar-refractivity contribution in [3.63, 3.8) is 0 Å². The predicted molar refractivity (Wildman–Crippen MR) is 168 cm³/mol. The normalized spacial score (nSPS) is 14.7. The zero-order chi connectivity index (χ0) is 27.2. The van der Waals surface area contributed by atoms with Crippen LogP contribution in [0.5, 0.6) is 0 Å². The summed E-state index contributed by atoms with van der Waals surface area (Å²) in [5, 5.41) is 0. The Labute approximate surface area is 243 Å². The van der Waals surface area contributed by atoms with Gasteiger partial charge >= 0.3 is 233 Å². The second-order valence-corrected chi connectivity index (χ2v) is 26.9. The van der Waals surface area contributed by atoms with Crippen molar-refractivity contribution in [3.05, 3.63) is 76.2 Å². The summed E-state index contributed by atoms with van der Waals surface area (Å²) in [6, 6.07) is 19.7. The second kappa shape index (κ2) is 13.2. The molecule has 1 aromatic heterocycles. The number of fused-ring (bicyclic) bond motifs is 4. The molecule has 0 N–H and O–H groups in total. The van der Waals surface area contributed by atoms with Crippen molar-refractivity contribution in [2.24, 2.45) is 0 Å². The third-order valence-electron chi connectivity index (χ3n) is 9.01. The minimum absolute atomic E-state index is 0.111. The monoisotopic (exact) mass is 651 g/mol. The van der Waals surface area contributed by atoms with Gasteiger partial charge in [-0.2, -0.15) is 0 Å². The number of hydrogen-bond donors (Lipinski definition) is 0. The molecule has 2 heterocycles. The Hall–Kier alpha value is -1.79. The Morgan fingerprint density at radius 1 is 0.897 bits per heavy atom. The van der Waals surface area contributed by atoms with E-state index in [1.54, 1.807) is 7.77 Å². The van der Waals surface area contributed by atoms with Gasteiger partial charge in [-0.05, 0) is 0 Å². The summed E-state index contributed by atoms with van der Waals surface area (Å²) in [6.45, 7) is 8.92. The van der Waals surface area contributed by atoms with Crippen LogP contribution in [-0.2, 0) is 17.7 Å². The molecule has 0 atom stereocenters.